The number of hydrogen-bond acceptors (Lipinski definition) is 3. The average molecular weight is 182 g/mol. The lowest BCUT2D eigenvalue weighted by molar-refractivity contribution is 0.508. The van der Waals surface area contributed by atoms with E-state index in [1.807, 2.05) is 24.9 Å². The minimum absolute atomic E-state index is 0.235. The maximum Gasteiger partial charge on any atom is 0.0641 e. The minimum Gasteiger partial charge on any atom is -0.275 e. The smallest absolute Gasteiger partial charge is 0.0641 e. The highest BCUT2D eigenvalue weighted by atomic mass is 15.3. The van der Waals surface area contributed by atoms with Gasteiger partial charge in [0.25, 0.3) is 0 Å². The number of nitrogens with zero attached hydrogens (tertiary/aromatic N) is 2. The summed E-state index contributed by atoms with van der Waals surface area (Å²) < 4.78 is 1.82. The van der Waals surface area contributed by atoms with Gasteiger partial charge in [0.2, 0.25) is 0 Å². The van der Waals surface area contributed by atoms with E-state index in [1.54, 1.807) is 0 Å². The number of hydrogen-bond donors (Lipinski definition) is 2. The molecule has 1 heterocycles. The quantitative estimate of drug-likeness (QED) is 0.540. The van der Waals surface area contributed by atoms with Gasteiger partial charge in [0.05, 0.1) is 5.69 Å². The van der Waals surface area contributed by atoms with Crippen molar-refractivity contribution in [3.05, 3.63) is 17.5 Å². The van der Waals surface area contributed by atoms with Crippen molar-refractivity contribution in [3.8, 4) is 0 Å². The Balaban J connectivity index is 2.83. The molecule has 0 spiro atoms. The zero-order chi connectivity index (χ0) is 9.84. The van der Waals surface area contributed by atoms with Crippen LogP contribution in [0, 0.1) is 6.92 Å². The number of nitrogens with two attached hydrogens (primary N) is 1. The van der Waals surface area contributed by atoms with Crippen LogP contribution < -0.4 is 11.3 Å². The molecule has 0 aliphatic rings. The third kappa shape index (κ3) is 2.29. The highest BCUT2D eigenvalue weighted by molar-refractivity contribution is 5.19. The van der Waals surface area contributed by atoms with E-state index in [4.69, 9.17) is 5.84 Å². The molecule has 0 bridgehead atoms. The highest BCUT2D eigenvalue weighted by Gasteiger charge is 2.13. The van der Waals surface area contributed by atoms with Crippen LogP contribution in [-0.2, 0) is 7.05 Å². The van der Waals surface area contributed by atoms with E-state index in [2.05, 4.69) is 17.4 Å². The summed E-state index contributed by atoms with van der Waals surface area (Å²) in [5, 5.41) is 4.28. The summed E-state index contributed by atoms with van der Waals surface area (Å²) in [6.07, 6.45) is 4.18. The molecule has 1 aromatic heterocycles. The maximum atomic E-state index is 5.48. The fraction of sp³-hybridized carbons (Fsp3) is 0.667. The van der Waals surface area contributed by atoms with Crippen molar-refractivity contribution in [2.75, 3.05) is 0 Å². The molecule has 3 N–H and O–H groups in total. The molecule has 0 aliphatic heterocycles. The Labute approximate surface area is 79.1 Å². The summed E-state index contributed by atoms with van der Waals surface area (Å²) in [4.78, 5) is 0. The van der Waals surface area contributed by atoms with Crippen LogP contribution in [0.3, 0.4) is 0 Å². The summed E-state index contributed by atoms with van der Waals surface area (Å²) in [5.41, 5.74) is 5.08. The second-order valence-corrected chi connectivity index (χ2v) is 3.35. The molecule has 0 radical (unpaired) electrons. The molecule has 0 fully saturated rings. The van der Waals surface area contributed by atoms with Crippen LogP contribution in [-0.4, -0.2) is 9.78 Å². The molecule has 13 heavy (non-hydrogen) atoms. The van der Waals surface area contributed by atoms with Crippen molar-refractivity contribution in [2.45, 2.75) is 32.7 Å². The third-order valence-corrected chi connectivity index (χ3v) is 2.21. The molecule has 4 nitrogen and oxygen atoms in total. The van der Waals surface area contributed by atoms with Gasteiger partial charge in [-0.15, -0.1) is 0 Å². The fourth-order valence-corrected chi connectivity index (χ4v) is 1.58. The van der Waals surface area contributed by atoms with Gasteiger partial charge < -0.3 is 0 Å². The van der Waals surface area contributed by atoms with Crippen molar-refractivity contribution in [1.82, 2.24) is 15.2 Å². The van der Waals surface area contributed by atoms with E-state index in [1.165, 1.54) is 5.56 Å². The zero-order valence-corrected chi connectivity index (χ0v) is 8.54. The molecule has 0 saturated heterocycles. The van der Waals surface area contributed by atoms with Crippen LogP contribution in [0.2, 0.25) is 0 Å². The number of rotatable bonds is 4. The van der Waals surface area contributed by atoms with Gasteiger partial charge in [-0.25, -0.2) is 0 Å². The number of aromatic nitrogens is 2. The van der Waals surface area contributed by atoms with Crippen molar-refractivity contribution in [1.29, 1.82) is 0 Å². The van der Waals surface area contributed by atoms with Gasteiger partial charge in [-0.2, -0.15) is 5.10 Å². The maximum absolute atomic E-state index is 5.48. The number of nitrogens with one attached hydrogen (secondary N) is 1. The fourth-order valence-electron chi connectivity index (χ4n) is 1.58. The van der Waals surface area contributed by atoms with Gasteiger partial charge in [-0.05, 0) is 13.3 Å². The molecule has 4 heteroatoms. The number of aryl methyl sites for hydroxylation is 2. The predicted molar refractivity (Wildman–Crippen MR) is 52.9 cm³/mol. The monoisotopic (exact) mass is 182 g/mol. The molecule has 1 rings (SSSR count). The molecule has 0 aromatic carbocycles. The first kappa shape index (κ1) is 10.2. The summed E-state index contributed by atoms with van der Waals surface area (Å²) in [7, 11) is 1.93. The van der Waals surface area contributed by atoms with Crippen LogP contribution >= 0.6 is 0 Å². The topological polar surface area (TPSA) is 55.9 Å². The summed E-state index contributed by atoms with van der Waals surface area (Å²) in [6.45, 7) is 4.16. The first-order valence-corrected chi connectivity index (χ1v) is 4.65. The summed E-state index contributed by atoms with van der Waals surface area (Å²) in [5.74, 6) is 5.48. The Morgan fingerprint density at radius 1 is 1.69 bits per heavy atom. The van der Waals surface area contributed by atoms with Crippen LogP contribution in [0.25, 0.3) is 0 Å². The van der Waals surface area contributed by atoms with E-state index in [-0.39, 0.29) is 6.04 Å². The Hall–Kier alpha value is -0.870. The van der Waals surface area contributed by atoms with Crippen molar-refractivity contribution < 1.29 is 0 Å². The molecule has 1 unspecified atom stereocenters. The second-order valence-electron chi connectivity index (χ2n) is 3.35. The van der Waals surface area contributed by atoms with Crippen LogP contribution in [0.1, 0.15) is 37.1 Å². The molecule has 0 aliphatic carbocycles. The summed E-state index contributed by atoms with van der Waals surface area (Å²) >= 11 is 0. The van der Waals surface area contributed by atoms with Crippen LogP contribution in [0.5, 0.6) is 0 Å². The third-order valence-electron chi connectivity index (χ3n) is 2.21. The van der Waals surface area contributed by atoms with E-state index < -0.39 is 0 Å². The van der Waals surface area contributed by atoms with E-state index in [9.17, 15) is 0 Å². The Morgan fingerprint density at radius 3 is 2.77 bits per heavy atom. The van der Waals surface area contributed by atoms with Gasteiger partial charge in [0.1, 0.15) is 0 Å². The lowest BCUT2D eigenvalue weighted by Gasteiger charge is -2.13. The largest absolute Gasteiger partial charge is 0.275 e. The molecule has 1 aromatic rings. The lowest BCUT2D eigenvalue weighted by atomic mass is 10.0. The Bertz CT molecular complexity index is 267. The van der Waals surface area contributed by atoms with Crippen molar-refractivity contribution >= 4 is 0 Å². The Kier molecular flexibility index (Phi) is 3.45. The molecular formula is C9H18N4. The van der Waals surface area contributed by atoms with Gasteiger partial charge >= 0.3 is 0 Å². The van der Waals surface area contributed by atoms with Crippen molar-refractivity contribution in [2.24, 2.45) is 12.9 Å². The van der Waals surface area contributed by atoms with Gasteiger partial charge in [-0.3, -0.25) is 16.0 Å². The predicted octanol–water partition coefficient (Wildman–Crippen LogP) is 1.03. The minimum atomic E-state index is 0.235. The average Bonchev–Trinajstić information content (AvgIpc) is 2.41. The normalized spacial score (nSPS) is 13.2. The first-order valence-electron chi connectivity index (χ1n) is 4.65. The molecular weight excluding hydrogens is 164 g/mol. The standard InChI is InChI=1S/C9H18N4/c1-4-5-9(11-10)8-6-13(3)12-7(8)2/h6,9,11H,4-5,10H2,1-3H3. The Morgan fingerprint density at radius 2 is 2.38 bits per heavy atom. The molecule has 0 saturated carbocycles. The lowest BCUT2D eigenvalue weighted by Crippen LogP contribution is -2.28. The van der Waals surface area contributed by atoms with Gasteiger partial charge in [0.15, 0.2) is 0 Å². The van der Waals surface area contributed by atoms with Gasteiger partial charge in [-0.1, -0.05) is 13.3 Å². The van der Waals surface area contributed by atoms with Crippen LogP contribution in [0.15, 0.2) is 6.20 Å². The van der Waals surface area contributed by atoms with Crippen molar-refractivity contribution in [3.63, 3.8) is 0 Å². The number of hydrazine groups is 1. The van der Waals surface area contributed by atoms with E-state index in [0.29, 0.717) is 0 Å². The first-order chi connectivity index (χ1) is 6.19. The second kappa shape index (κ2) is 4.39. The zero-order valence-electron chi connectivity index (χ0n) is 8.54. The summed E-state index contributed by atoms with van der Waals surface area (Å²) in [6, 6.07) is 0.235. The highest BCUT2D eigenvalue weighted by Crippen LogP contribution is 2.19. The van der Waals surface area contributed by atoms with Crippen LogP contribution in [0.4, 0.5) is 0 Å². The molecule has 1 atom stereocenters. The molecule has 0 amide bonds. The van der Waals surface area contributed by atoms with E-state index in [0.717, 1.165) is 18.5 Å². The molecule has 74 valence electrons. The SMILES string of the molecule is CCCC(NN)c1cn(C)nc1C. The van der Waals surface area contributed by atoms with Gasteiger partial charge in [0, 0.05) is 24.8 Å². The van der Waals surface area contributed by atoms with E-state index >= 15 is 0 Å².